The molecule has 0 fully saturated rings. The van der Waals surface area contributed by atoms with Crippen LogP contribution >= 0.6 is 0 Å². The number of aromatic nitrogens is 2. The monoisotopic (exact) mass is 1330 g/mol. The van der Waals surface area contributed by atoms with Gasteiger partial charge in [0.25, 0.3) is 0 Å². The third-order valence-corrected chi connectivity index (χ3v) is 20.4. The van der Waals surface area contributed by atoms with E-state index in [0.29, 0.717) is 0 Å². The maximum Gasteiger partial charge on any atom is 0.0542 e. The van der Waals surface area contributed by atoms with Gasteiger partial charge in [-0.1, -0.05) is 218 Å². The van der Waals surface area contributed by atoms with Crippen molar-refractivity contribution < 1.29 is 0 Å². The quantitative estimate of drug-likeness (QED) is 0.0962. The fourth-order valence-corrected chi connectivity index (χ4v) is 15.5. The van der Waals surface area contributed by atoms with E-state index in [1.54, 1.807) is 0 Å². The molecule has 104 heavy (non-hydrogen) atoms. The van der Waals surface area contributed by atoms with Gasteiger partial charge >= 0.3 is 0 Å². The second-order valence-corrected chi connectivity index (χ2v) is 26.6. The van der Waals surface area contributed by atoms with Crippen molar-refractivity contribution in [3.8, 4) is 33.9 Å². The Hall–Kier alpha value is -13.9. The van der Waals surface area contributed by atoms with Crippen LogP contribution in [0, 0.1) is 0 Å². The summed E-state index contributed by atoms with van der Waals surface area (Å²) < 4.78 is 4.94. The summed E-state index contributed by atoms with van der Waals surface area (Å²) in [5, 5.41) is 11.8. The number of benzene rings is 17. The normalized spacial score (nSPS) is 11.5. The topological polar surface area (TPSA) is 22.8 Å². The molecule has 0 bridgehead atoms. The van der Waals surface area contributed by atoms with Crippen LogP contribution < -0.4 is 19.6 Å². The molecule has 0 atom stereocenters. The lowest BCUT2D eigenvalue weighted by atomic mass is 10.0. The van der Waals surface area contributed by atoms with Gasteiger partial charge in [0, 0.05) is 89.8 Å². The second-order valence-electron chi connectivity index (χ2n) is 26.6. The summed E-state index contributed by atoms with van der Waals surface area (Å²) in [4.78, 5) is 9.44. The summed E-state index contributed by atoms with van der Waals surface area (Å²) in [5.74, 6) is 0. The van der Waals surface area contributed by atoms with Crippen LogP contribution in [0.1, 0.15) is 0 Å². The van der Waals surface area contributed by atoms with E-state index < -0.39 is 0 Å². The minimum Gasteiger partial charge on any atom is -0.311 e. The van der Waals surface area contributed by atoms with Crippen LogP contribution in [-0.2, 0) is 0 Å². The zero-order valence-electron chi connectivity index (χ0n) is 56.9. The number of hydrogen-bond acceptors (Lipinski definition) is 4. The fourth-order valence-electron chi connectivity index (χ4n) is 15.5. The molecule has 19 rings (SSSR count). The minimum atomic E-state index is 1.04. The van der Waals surface area contributed by atoms with E-state index in [1.165, 1.54) is 43.1 Å². The molecule has 0 N–H and O–H groups in total. The lowest BCUT2D eigenvalue weighted by Gasteiger charge is -2.29. The molecule has 2 heterocycles. The highest BCUT2D eigenvalue weighted by Gasteiger charge is 2.24. The highest BCUT2D eigenvalue weighted by molar-refractivity contribution is 6.05. The molecule has 6 heteroatoms. The van der Waals surface area contributed by atoms with Crippen molar-refractivity contribution >= 4 is 133 Å². The average molecular weight is 1330 g/mol. The van der Waals surface area contributed by atoms with Crippen LogP contribution in [0.5, 0.6) is 0 Å². The lowest BCUT2D eigenvalue weighted by molar-refractivity contribution is 1.13. The zero-order chi connectivity index (χ0) is 68.9. The highest BCUT2D eigenvalue weighted by Crippen LogP contribution is 2.47. The van der Waals surface area contributed by atoms with E-state index in [2.05, 4.69) is 441 Å². The molecule has 0 saturated carbocycles. The molecule has 0 aliphatic heterocycles. The average Bonchev–Trinajstić information content (AvgIpc) is 1.58. The minimum absolute atomic E-state index is 1.04. The first-order valence-corrected chi connectivity index (χ1v) is 35.5. The Morgan fingerprint density at radius 1 is 0.163 bits per heavy atom. The van der Waals surface area contributed by atoms with E-state index in [-0.39, 0.29) is 0 Å². The summed E-state index contributed by atoms with van der Waals surface area (Å²) >= 11 is 0. The third kappa shape index (κ3) is 11.2. The van der Waals surface area contributed by atoms with E-state index in [4.69, 9.17) is 0 Å². The van der Waals surface area contributed by atoms with Crippen molar-refractivity contribution in [1.82, 2.24) is 9.13 Å². The maximum absolute atomic E-state index is 2.47. The summed E-state index contributed by atoms with van der Waals surface area (Å²) in [7, 11) is 0. The SMILES string of the molecule is c1ccc(N(c2ccccc2)c2ccc(N(c3ccc(-n4c(-c5ccc6ccccc6c5)cc5cc6c(cc(-c7ccc8ccccc8c7)n6-c6ccc(N(c7ccc(N(c8ccccc8)c8ccccc8)cc7)c7cccc8ccccc78)cc6)cc54)cc3)c3cccc4ccccc34)cc2)cc1. The molecule has 17 aromatic carbocycles. The van der Waals surface area contributed by atoms with Crippen molar-refractivity contribution in [2.75, 3.05) is 19.6 Å². The molecular weight excluding hydrogens is 1260 g/mol. The third-order valence-electron chi connectivity index (χ3n) is 20.4. The van der Waals surface area contributed by atoms with Gasteiger partial charge in [-0.05, 0) is 238 Å². The molecule has 0 aliphatic rings. The first-order chi connectivity index (χ1) is 51.6. The van der Waals surface area contributed by atoms with Gasteiger partial charge in [-0.3, -0.25) is 0 Å². The van der Waals surface area contributed by atoms with Crippen molar-refractivity contribution in [2.45, 2.75) is 0 Å². The molecule has 490 valence electrons. The van der Waals surface area contributed by atoms with Gasteiger partial charge in [-0.15, -0.1) is 0 Å². The Labute approximate surface area is 604 Å². The molecule has 0 aliphatic carbocycles. The molecule has 0 spiro atoms. The number of anilines is 12. The van der Waals surface area contributed by atoms with E-state index in [1.807, 2.05) is 0 Å². The van der Waals surface area contributed by atoms with Crippen LogP contribution in [0.15, 0.2) is 413 Å². The maximum atomic E-state index is 2.47. The van der Waals surface area contributed by atoms with Gasteiger partial charge in [-0.25, -0.2) is 0 Å². The van der Waals surface area contributed by atoms with Crippen LogP contribution in [0.2, 0.25) is 0 Å². The first-order valence-electron chi connectivity index (χ1n) is 35.5. The van der Waals surface area contributed by atoms with E-state index >= 15 is 0 Å². The number of para-hydroxylation sites is 4. The number of fused-ring (bicyclic) bond motifs is 6. The molecular formula is C98H68N6. The van der Waals surface area contributed by atoms with Crippen molar-refractivity contribution in [3.63, 3.8) is 0 Å². The molecule has 0 saturated heterocycles. The number of rotatable bonds is 16. The van der Waals surface area contributed by atoms with Crippen molar-refractivity contribution in [3.05, 3.63) is 413 Å². The molecule has 19 aromatic rings. The van der Waals surface area contributed by atoms with Gasteiger partial charge in [0.1, 0.15) is 0 Å². The smallest absolute Gasteiger partial charge is 0.0542 e. The van der Waals surface area contributed by atoms with Crippen LogP contribution in [0.25, 0.3) is 98.8 Å². The predicted molar refractivity (Wildman–Crippen MR) is 440 cm³/mol. The van der Waals surface area contributed by atoms with Crippen LogP contribution in [0.4, 0.5) is 68.2 Å². The Morgan fingerprint density at radius 3 is 0.779 bits per heavy atom. The Bertz CT molecular complexity index is 5850. The predicted octanol–water partition coefficient (Wildman–Crippen LogP) is 27.4. The van der Waals surface area contributed by atoms with Gasteiger partial charge in [-0.2, -0.15) is 0 Å². The Kier molecular flexibility index (Phi) is 15.5. The largest absolute Gasteiger partial charge is 0.311 e. The lowest BCUT2D eigenvalue weighted by Crippen LogP contribution is -2.12. The number of nitrogens with zero attached hydrogens (tertiary/aromatic N) is 6. The van der Waals surface area contributed by atoms with Crippen molar-refractivity contribution in [2.24, 2.45) is 0 Å². The van der Waals surface area contributed by atoms with Gasteiger partial charge in [0.2, 0.25) is 0 Å². The fraction of sp³-hybridized carbons (Fsp3) is 0. The molecule has 2 aromatic heterocycles. The summed E-state index contributed by atoms with van der Waals surface area (Å²) in [6.07, 6.45) is 0. The first kappa shape index (κ1) is 61.2. The standard InChI is InChI=1S/C98H68N6/c1-5-31-79(32-6-1)99(80-33-7-2-8-34-80)83-47-51-85(52-48-83)101(93-41-21-29-71-25-17-19-39-91(71)93)87-55-59-89(60-56-87)103-95(75-45-43-69-23-13-15-27-73(69)63-75)65-77-68-98-78(67-97(77)103)66-96(76-46-44-70-24-14-16-28-74(70)64-76)104(98)90-61-57-88(58-62-90)102(94-42-22-30-72-26-18-20-40-92(72)94)86-53-49-84(50-54-86)100(81-35-9-3-10-36-81)82-37-11-4-12-38-82/h1-68H. The van der Waals surface area contributed by atoms with Crippen LogP contribution in [-0.4, -0.2) is 9.13 Å². The van der Waals surface area contributed by atoms with Crippen molar-refractivity contribution in [1.29, 1.82) is 0 Å². The Balaban J connectivity index is 0.756. The van der Waals surface area contributed by atoms with Crippen LogP contribution in [0.3, 0.4) is 0 Å². The highest BCUT2D eigenvalue weighted by atomic mass is 15.2. The summed E-state index contributed by atoms with van der Waals surface area (Å²) in [5.41, 5.74) is 21.7. The summed E-state index contributed by atoms with van der Waals surface area (Å²) in [6.45, 7) is 0. The molecule has 6 nitrogen and oxygen atoms in total. The van der Waals surface area contributed by atoms with Gasteiger partial charge in [0.05, 0.1) is 33.8 Å². The molecule has 0 unspecified atom stereocenters. The number of hydrogen-bond donors (Lipinski definition) is 0. The second kappa shape index (κ2) is 26.3. The molecule has 0 amide bonds. The molecule has 0 radical (unpaired) electrons. The van der Waals surface area contributed by atoms with Gasteiger partial charge in [0.15, 0.2) is 0 Å². The summed E-state index contributed by atoms with van der Waals surface area (Å²) in [6, 6.07) is 150. The van der Waals surface area contributed by atoms with E-state index in [0.717, 1.165) is 124 Å². The van der Waals surface area contributed by atoms with E-state index in [9.17, 15) is 0 Å². The van der Waals surface area contributed by atoms with Gasteiger partial charge < -0.3 is 28.7 Å². The Morgan fingerprint density at radius 2 is 0.433 bits per heavy atom. The zero-order valence-corrected chi connectivity index (χ0v) is 56.9.